The molecule has 24 heavy (non-hydrogen) atoms. The van der Waals surface area contributed by atoms with Crippen LogP contribution in [0, 0.1) is 3.57 Å². The van der Waals surface area contributed by atoms with Gasteiger partial charge in [-0.05, 0) is 40.8 Å². The first-order valence-corrected chi connectivity index (χ1v) is 8.29. The van der Waals surface area contributed by atoms with E-state index in [1.165, 1.54) is 0 Å². The summed E-state index contributed by atoms with van der Waals surface area (Å²) in [6.07, 6.45) is -5.20. The van der Waals surface area contributed by atoms with Gasteiger partial charge in [-0.3, -0.25) is 0 Å². The molecule has 1 aromatic heterocycles. The molecule has 3 unspecified atom stereocenters. The van der Waals surface area contributed by atoms with Crippen molar-refractivity contribution < 1.29 is 29.6 Å². The second-order valence-corrected chi connectivity index (χ2v) is 6.70. The van der Waals surface area contributed by atoms with E-state index >= 15 is 0 Å². The first kappa shape index (κ1) is 17.6. The summed E-state index contributed by atoms with van der Waals surface area (Å²) in [5, 5.41) is 42.6. The highest BCUT2D eigenvalue weighted by Gasteiger charge is 2.43. The number of benzene rings is 1. The molecule has 0 saturated carbocycles. The molecule has 0 amide bonds. The molecule has 130 valence electrons. The van der Waals surface area contributed by atoms with Gasteiger partial charge in [0.1, 0.15) is 29.9 Å². The summed E-state index contributed by atoms with van der Waals surface area (Å²) >= 11 is 1.89. The number of ether oxygens (including phenoxy) is 1. The second-order valence-electron chi connectivity index (χ2n) is 5.53. The molecular formula is C15H16INO7. The van der Waals surface area contributed by atoms with E-state index in [1.54, 1.807) is 24.3 Å². The predicted octanol–water partition coefficient (Wildman–Crippen LogP) is -0.391. The fourth-order valence-corrected chi connectivity index (χ4v) is 3.07. The van der Waals surface area contributed by atoms with Crippen LogP contribution >= 0.6 is 22.6 Å². The normalized spacial score (nSPS) is 30.5. The lowest BCUT2D eigenvalue weighted by Gasteiger charge is -2.40. The van der Waals surface area contributed by atoms with Crippen molar-refractivity contribution in [3.05, 3.63) is 38.3 Å². The number of nitrogens with one attached hydrogen (secondary N) is 1. The highest BCUT2D eigenvalue weighted by Crippen LogP contribution is 2.25. The maximum atomic E-state index is 11.6. The Morgan fingerprint density at radius 2 is 1.92 bits per heavy atom. The van der Waals surface area contributed by atoms with Crippen molar-refractivity contribution in [2.75, 3.05) is 11.9 Å². The van der Waals surface area contributed by atoms with Crippen LogP contribution in [0.15, 0.2) is 33.5 Å². The van der Waals surface area contributed by atoms with Crippen molar-refractivity contribution in [1.29, 1.82) is 0 Å². The zero-order chi connectivity index (χ0) is 17.4. The number of anilines is 1. The maximum absolute atomic E-state index is 11.6. The standard InChI is InChI=1S/C15H16INO7/c16-8-3-6-1-2-7(4-9(6)23-14(8)21)17-11-13(20)12(19)10(5-18)24-15(11)22/h1-4,10-13,15,17-20,22H,5H2/t10?,11?,12-,13-,15?/m0/s1. The summed E-state index contributed by atoms with van der Waals surface area (Å²) in [5.74, 6) is 0. The van der Waals surface area contributed by atoms with E-state index < -0.39 is 42.9 Å². The molecule has 9 heteroatoms. The summed E-state index contributed by atoms with van der Waals surface area (Å²) in [5.41, 5.74) is 0.357. The lowest BCUT2D eigenvalue weighted by molar-refractivity contribution is -0.245. The minimum atomic E-state index is -1.43. The molecule has 1 saturated heterocycles. The molecule has 1 aliphatic rings. The van der Waals surface area contributed by atoms with Crippen molar-refractivity contribution in [3.63, 3.8) is 0 Å². The Bertz CT molecular complexity index is 795. The maximum Gasteiger partial charge on any atom is 0.349 e. The summed E-state index contributed by atoms with van der Waals surface area (Å²) in [4.78, 5) is 11.6. The summed E-state index contributed by atoms with van der Waals surface area (Å²) < 4.78 is 10.7. The van der Waals surface area contributed by atoms with Gasteiger partial charge < -0.3 is 34.9 Å². The van der Waals surface area contributed by atoms with E-state index in [9.17, 15) is 20.1 Å². The number of fused-ring (bicyclic) bond motifs is 1. The second kappa shape index (κ2) is 6.94. The van der Waals surface area contributed by atoms with Gasteiger partial charge in [0, 0.05) is 17.1 Å². The van der Waals surface area contributed by atoms with Gasteiger partial charge in [-0.15, -0.1) is 0 Å². The Morgan fingerprint density at radius 3 is 2.62 bits per heavy atom. The topological polar surface area (TPSA) is 132 Å². The number of aliphatic hydroxyl groups excluding tert-OH is 4. The predicted molar refractivity (Wildman–Crippen MR) is 92.6 cm³/mol. The smallest absolute Gasteiger partial charge is 0.349 e. The largest absolute Gasteiger partial charge is 0.422 e. The van der Waals surface area contributed by atoms with Crippen LogP contribution in [0.5, 0.6) is 0 Å². The Labute approximate surface area is 149 Å². The van der Waals surface area contributed by atoms with E-state index in [0.29, 0.717) is 14.8 Å². The first-order chi connectivity index (χ1) is 11.4. The monoisotopic (exact) mass is 449 g/mol. The molecule has 2 aromatic rings. The van der Waals surface area contributed by atoms with Crippen molar-refractivity contribution in [1.82, 2.24) is 0 Å². The number of halogens is 1. The van der Waals surface area contributed by atoms with Crippen LogP contribution in [0.1, 0.15) is 0 Å². The van der Waals surface area contributed by atoms with Gasteiger partial charge in [0.25, 0.3) is 0 Å². The van der Waals surface area contributed by atoms with E-state index in [1.807, 2.05) is 22.6 Å². The molecule has 0 aliphatic carbocycles. The third-order valence-electron chi connectivity index (χ3n) is 3.93. The number of hydrogen-bond acceptors (Lipinski definition) is 8. The SMILES string of the molecule is O=c1oc2cc(NC3C(O)OC(CO)[C@H](O)[C@H]3O)ccc2cc1I. The molecule has 8 nitrogen and oxygen atoms in total. The zero-order valence-corrected chi connectivity index (χ0v) is 14.5. The molecule has 5 N–H and O–H groups in total. The fraction of sp³-hybridized carbons (Fsp3) is 0.400. The Morgan fingerprint density at radius 1 is 1.17 bits per heavy atom. The van der Waals surface area contributed by atoms with Crippen LogP contribution in [0.2, 0.25) is 0 Å². The molecule has 1 aliphatic heterocycles. The first-order valence-electron chi connectivity index (χ1n) is 7.21. The van der Waals surface area contributed by atoms with Gasteiger partial charge in [0.05, 0.1) is 10.2 Å². The molecule has 0 radical (unpaired) electrons. The third-order valence-corrected chi connectivity index (χ3v) is 4.68. The summed E-state index contributed by atoms with van der Waals surface area (Å²) in [6.45, 7) is -0.526. The van der Waals surface area contributed by atoms with Crippen LogP contribution in [-0.4, -0.2) is 57.7 Å². The summed E-state index contributed by atoms with van der Waals surface area (Å²) in [6, 6.07) is 5.63. The average Bonchev–Trinajstić information content (AvgIpc) is 2.56. The minimum absolute atomic E-state index is 0.347. The van der Waals surface area contributed by atoms with Gasteiger partial charge in [-0.1, -0.05) is 0 Å². The highest BCUT2D eigenvalue weighted by atomic mass is 127. The number of hydrogen-bond donors (Lipinski definition) is 5. The highest BCUT2D eigenvalue weighted by molar-refractivity contribution is 14.1. The van der Waals surface area contributed by atoms with Crippen molar-refractivity contribution in [2.24, 2.45) is 0 Å². The minimum Gasteiger partial charge on any atom is -0.422 e. The molecular weight excluding hydrogens is 433 g/mol. The van der Waals surface area contributed by atoms with Crippen molar-refractivity contribution in [2.45, 2.75) is 30.6 Å². The van der Waals surface area contributed by atoms with Crippen molar-refractivity contribution >= 4 is 39.2 Å². The number of rotatable bonds is 3. The molecule has 3 rings (SSSR count). The van der Waals surface area contributed by atoms with E-state index in [-0.39, 0.29) is 0 Å². The van der Waals surface area contributed by atoms with Crippen LogP contribution < -0.4 is 10.9 Å². The quantitative estimate of drug-likeness (QED) is 0.316. The Hall–Kier alpha value is -1.24. The Balaban J connectivity index is 1.86. The molecule has 1 aromatic carbocycles. The van der Waals surface area contributed by atoms with Gasteiger partial charge in [-0.25, -0.2) is 4.79 Å². The van der Waals surface area contributed by atoms with E-state index in [4.69, 9.17) is 14.3 Å². The number of aliphatic hydroxyl groups is 4. The lowest BCUT2D eigenvalue weighted by atomic mass is 9.97. The fourth-order valence-electron chi connectivity index (χ4n) is 2.62. The van der Waals surface area contributed by atoms with Crippen molar-refractivity contribution in [3.8, 4) is 0 Å². The molecule has 0 bridgehead atoms. The van der Waals surface area contributed by atoms with E-state index in [2.05, 4.69) is 5.32 Å². The molecule has 1 fully saturated rings. The molecule has 0 spiro atoms. The third kappa shape index (κ3) is 3.27. The van der Waals surface area contributed by atoms with Gasteiger partial charge in [0.15, 0.2) is 6.29 Å². The molecule has 5 atom stereocenters. The van der Waals surface area contributed by atoms with E-state index in [0.717, 1.165) is 5.39 Å². The summed E-state index contributed by atoms with van der Waals surface area (Å²) in [7, 11) is 0. The van der Waals surface area contributed by atoms with Gasteiger partial charge in [-0.2, -0.15) is 0 Å². The van der Waals surface area contributed by atoms with Gasteiger partial charge in [0.2, 0.25) is 0 Å². The van der Waals surface area contributed by atoms with Gasteiger partial charge >= 0.3 is 5.63 Å². The molecule has 2 heterocycles. The zero-order valence-electron chi connectivity index (χ0n) is 12.3. The Kier molecular flexibility index (Phi) is 5.08. The van der Waals surface area contributed by atoms with Crippen LogP contribution in [0.3, 0.4) is 0 Å². The lowest BCUT2D eigenvalue weighted by Crippen LogP contribution is -2.61. The van der Waals surface area contributed by atoms with Crippen LogP contribution in [0.4, 0.5) is 5.69 Å². The van der Waals surface area contributed by atoms with Crippen LogP contribution in [-0.2, 0) is 4.74 Å². The van der Waals surface area contributed by atoms with Crippen LogP contribution in [0.25, 0.3) is 11.0 Å². The average molecular weight is 449 g/mol.